The van der Waals surface area contributed by atoms with E-state index in [1.165, 1.54) is 5.56 Å². The fraction of sp³-hybridized carbons (Fsp3) is 0.182. The summed E-state index contributed by atoms with van der Waals surface area (Å²) in [7, 11) is 0. The van der Waals surface area contributed by atoms with Crippen LogP contribution in [0.15, 0.2) is 65.5 Å². The Morgan fingerprint density at radius 3 is 2.31 bits per heavy atom. The molecule has 0 aliphatic carbocycles. The molecule has 0 bridgehead atoms. The van der Waals surface area contributed by atoms with Gasteiger partial charge >= 0.3 is 0 Å². The summed E-state index contributed by atoms with van der Waals surface area (Å²) in [5, 5.41) is 3.26. The molecule has 0 saturated carbocycles. The summed E-state index contributed by atoms with van der Waals surface area (Å²) in [5.74, 6) is 0.245. The summed E-state index contributed by atoms with van der Waals surface area (Å²) in [5.41, 5.74) is 6.46. The van der Waals surface area contributed by atoms with Crippen molar-refractivity contribution >= 4 is 5.65 Å². The van der Waals surface area contributed by atoms with E-state index >= 15 is 0 Å². The van der Waals surface area contributed by atoms with Gasteiger partial charge in [-0.3, -0.25) is 9.89 Å². The second-order valence-corrected chi connectivity index (χ2v) is 6.93. The van der Waals surface area contributed by atoms with Crippen LogP contribution in [0.3, 0.4) is 0 Å². The summed E-state index contributed by atoms with van der Waals surface area (Å²) >= 11 is 0. The van der Waals surface area contributed by atoms with Crippen molar-refractivity contribution in [3.8, 4) is 22.4 Å². The lowest BCUT2D eigenvalue weighted by atomic mass is 9.99. The van der Waals surface area contributed by atoms with Gasteiger partial charge in [0.1, 0.15) is 0 Å². The first kappa shape index (κ1) is 16.3. The Hall–Kier alpha value is -3.14. The topological polar surface area (TPSA) is 50.2 Å². The highest BCUT2D eigenvalue weighted by molar-refractivity contribution is 5.81. The van der Waals surface area contributed by atoms with Crippen molar-refractivity contribution < 1.29 is 0 Å². The number of nitrogens with one attached hydrogen (secondary N) is 1. The van der Waals surface area contributed by atoms with Gasteiger partial charge in [-0.2, -0.15) is 0 Å². The van der Waals surface area contributed by atoms with E-state index < -0.39 is 0 Å². The lowest BCUT2D eigenvalue weighted by Gasteiger charge is -2.07. The standard InChI is InChI=1S/C22H21N3O/c1-14(2)21-20(17-7-5-4-6-8-17)22-23-18(13-19(26)25(22)24-21)16-11-9-15(3)10-12-16/h4-14,24H,1-3H3. The fourth-order valence-corrected chi connectivity index (χ4v) is 3.23. The van der Waals surface area contributed by atoms with Crippen LogP contribution in [0.25, 0.3) is 28.0 Å². The summed E-state index contributed by atoms with van der Waals surface area (Å²) in [6.45, 7) is 6.27. The lowest BCUT2D eigenvalue weighted by molar-refractivity contribution is 0.777. The summed E-state index contributed by atoms with van der Waals surface area (Å²) in [4.78, 5) is 17.6. The third kappa shape index (κ3) is 2.73. The van der Waals surface area contributed by atoms with Crippen LogP contribution >= 0.6 is 0 Å². The zero-order valence-corrected chi connectivity index (χ0v) is 15.2. The molecule has 2 aromatic carbocycles. The number of benzene rings is 2. The van der Waals surface area contributed by atoms with Gasteiger partial charge in [0.15, 0.2) is 5.65 Å². The van der Waals surface area contributed by atoms with Gasteiger partial charge in [0.25, 0.3) is 5.56 Å². The van der Waals surface area contributed by atoms with E-state index in [0.717, 1.165) is 22.4 Å². The van der Waals surface area contributed by atoms with E-state index in [-0.39, 0.29) is 11.5 Å². The number of aromatic amines is 1. The Kier molecular flexibility index (Phi) is 3.96. The molecule has 0 radical (unpaired) electrons. The number of aryl methyl sites for hydroxylation is 1. The minimum absolute atomic E-state index is 0.102. The molecule has 2 heterocycles. The molecule has 4 heteroatoms. The van der Waals surface area contributed by atoms with Crippen molar-refractivity contribution in [2.75, 3.05) is 0 Å². The Morgan fingerprint density at radius 1 is 0.962 bits per heavy atom. The highest BCUT2D eigenvalue weighted by Crippen LogP contribution is 2.32. The molecule has 0 unspecified atom stereocenters. The minimum atomic E-state index is -0.102. The van der Waals surface area contributed by atoms with Crippen molar-refractivity contribution in [1.29, 1.82) is 0 Å². The maximum atomic E-state index is 12.8. The number of hydrogen-bond donors (Lipinski definition) is 1. The largest absolute Gasteiger partial charge is 0.293 e. The van der Waals surface area contributed by atoms with Gasteiger partial charge in [-0.05, 0) is 18.4 Å². The lowest BCUT2D eigenvalue weighted by Crippen LogP contribution is -2.14. The van der Waals surface area contributed by atoms with Gasteiger partial charge in [0.05, 0.1) is 5.69 Å². The molecular weight excluding hydrogens is 322 g/mol. The molecule has 130 valence electrons. The highest BCUT2D eigenvalue weighted by Gasteiger charge is 2.19. The van der Waals surface area contributed by atoms with Crippen LogP contribution in [0.4, 0.5) is 0 Å². The SMILES string of the molecule is Cc1ccc(-c2cc(=O)n3[nH]c(C(C)C)c(-c4ccccc4)c3n2)cc1. The Balaban J connectivity index is 2.03. The molecule has 1 N–H and O–H groups in total. The summed E-state index contributed by atoms with van der Waals surface area (Å²) in [6.07, 6.45) is 0. The molecule has 26 heavy (non-hydrogen) atoms. The second kappa shape index (κ2) is 6.30. The molecule has 0 aliphatic heterocycles. The average Bonchev–Trinajstić information content (AvgIpc) is 3.03. The monoisotopic (exact) mass is 343 g/mol. The molecular formula is C22H21N3O. The quantitative estimate of drug-likeness (QED) is 0.581. The average molecular weight is 343 g/mol. The summed E-state index contributed by atoms with van der Waals surface area (Å²) in [6, 6.07) is 19.8. The van der Waals surface area contributed by atoms with E-state index in [1.807, 2.05) is 49.4 Å². The Labute approximate surface area is 152 Å². The van der Waals surface area contributed by atoms with E-state index in [9.17, 15) is 4.79 Å². The number of fused-ring (bicyclic) bond motifs is 1. The van der Waals surface area contributed by atoms with Gasteiger partial charge in [0, 0.05) is 22.9 Å². The molecule has 0 spiro atoms. The third-order valence-electron chi connectivity index (χ3n) is 4.63. The zero-order valence-electron chi connectivity index (χ0n) is 15.2. The maximum Gasteiger partial charge on any atom is 0.273 e. The van der Waals surface area contributed by atoms with Crippen LogP contribution in [-0.2, 0) is 0 Å². The fourth-order valence-electron chi connectivity index (χ4n) is 3.23. The van der Waals surface area contributed by atoms with Crippen LogP contribution in [-0.4, -0.2) is 14.6 Å². The van der Waals surface area contributed by atoms with Crippen LogP contribution in [0.5, 0.6) is 0 Å². The molecule has 4 nitrogen and oxygen atoms in total. The maximum absolute atomic E-state index is 12.8. The van der Waals surface area contributed by atoms with E-state index in [4.69, 9.17) is 4.98 Å². The van der Waals surface area contributed by atoms with Crippen molar-refractivity contribution in [2.24, 2.45) is 0 Å². The molecule has 4 rings (SSSR count). The second-order valence-electron chi connectivity index (χ2n) is 6.93. The molecule has 0 amide bonds. The van der Waals surface area contributed by atoms with E-state index in [2.05, 4.69) is 31.1 Å². The number of hydrogen-bond acceptors (Lipinski definition) is 2. The van der Waals surface area contributed by atoms with Crippen LogP contribution < -0.4 is 5.56 Å². The molecule has 0 aliphatic rings. The first-order valence-corrected chi connectivity index (χ1v) is 8.82. The van der Waals surface area contributed by atoms with E-state index in [0.29, 0.717) is 11.3 Å². The number of nitrogens with zero attached hydrogens (tertiary/aromatic N) is 2. The first-order valence-electron chi connectivity index (χ1n) is 8.82. The predicted molar refractivity (Wildman–Crippen MR) is 106 cm³/mol. The minimum Gasteiger partial charge on any atom is -0.293 e. The van der Waals surface area contributed by atoms with Gasteiger partial charge in [-0.25, -0.2) is 9.50 Å². The Bertz CT molecular complexity index is 1120. The van der Waals surface area contributed by atoms with Crippen LogP contribution in [0.2, 0.25) is 0 Å². The molecule has 4 aromatic rings. The highest BCUT2D eigenvalue weighted by atomic mass is 16.1. The smallest absolute Gasteiger partial charge is 0.273 e. The number of rotatable bonds is 3. The normalized spacial score (nSPS) is 11.4. The van der Waals surface area contributed by atoms with Crippen molar-refractivity contribution in [2.45, 2.75) is 26.7 Å². The molecule has 0 fully saturated rings. The summed E-state index contributed by atoms with van der Waals surface area (Å²) < 4.78 is 1.55. The van der Waals surface area contributed by atoms with E-state index in [1.54, 1.807) is 10.6 Å². The third-order valence-corrected chi connectivity index (χ3v) is 4.63. The number of aromatic nitrogens is 3. The molecule has 0 saturated heterocycles. The van der Waals surface area contributed by atoms with Crippen LogP contribution in [0, 0.1) is 6.92 Å². The van der Waals surface area contributed by atoms with Gasteiger partial charge < -0.3 is 0 Å². The Morgan fingerprint density at radius 2 is 1.65 bits per heavy atom. The number of H-pyrrole nitrogens is 1. The predicted octanol–water partition coefficient (Wildman–Crippen LogP) is 4.79. The van der Waals surface area contributed by atoms with Gasteiger partial charge in [0.2, 0.25) is 0 Å². The van der Waals surface area contributed by atoms with Gasteiger partial charge in [-0.1, -0.05) is 74.0 Å². The van der Waals surface area contributed by atoms with Crippen molar-refractivity contribution in [3.63, 3.8) is 0 Å². The first-order chi connectivity index (χ1) is 12.5. The molecule has 2 aromatic heterocycles. The van der Waals surface area contributed by atoms with Crippen molar-refractivity contribution in [3.05, 3.63) is 82.3 Å². The van der Waals surface area contributed by atoms with Crippen molar-refractivity contribution in [1.82, 2.24) is 14.6 Å². The van der Waals surface area contributed by atoms with Gasteiger partial charge in [-0.15, -0.1) is 0 Å². The zero-order chi connectivity index (χ0) is 18.3. The van der Waals surface area contributed by atoms with Crippen LogP contribution in [0.1, 0.15) is 31.0 Å². The molecule has 0 atom stereocenters.